The zero-order valence-corrected chi connectivity index (χ0v) is 13.5. The van der Waals surface area contributed by atoms with Gasteiger partial charge in [-0.1, -0.05) is 12.1 Å². The molecule has 0 radical (unpaired) electrons. The minimum Gasteiger partial charge on any atom is -0.398 e. The predicted octanol–water partition coefficient (Wildman–Crippen LogP) is 3.02. The van der Waals surface area contributed by atoms with E-state index in [1.807, 2.05) is 32.0 Å². The summed E-state index contributed by atoms with van der Waals surface area (Å²) in [5.41, 5.74) is 9.57. The van der Waals surface area contributed by atoms with E-state index in [0.717, 1.165) is 11.1 Å². The second kappa shape index (κ2) is 5.41. The third-order valence-corrected chi connectivity index (χ3v) is 5.46. The van der Waals surface area contributed by atoms with E-state index in [9.17, 15) is 8.42 Å². The van der Waals surface area contributed by atoms with Gasteiger partial charge >= 0.3 is 0 Å². The Kier molecular flexibility index (Phi) is 3.96. The van der Waals surface area contributed by atoms with Gasteiger partial charge < -0.3 is 5.73 Å². The Labute approximate surface area is 126 Å². The summed E-state index contributed by atoms with van der Waals surface area (Å²) in [6.45, 7) is 5.61. The van der Waals surface area contributed by atoms with E-state index in [4.69, 9.17) is 5.73 Å². The summed E-state index contributed by atoms with van der Waals surface area (Å²) in [6, 6.07) is 10.7. The van der Waals surface area contributed by atoms with Crippen LogP contribution in [0.2, 0.25) is 0 Å². The van der Waals surface area contributed by atoms with Crippen LogP contribution in [0.4, 0.5) is 11.4 Å². The third-order valence-electron chi connectivity index (χ3n) is 3.53. The minimum atomic E-state index is -3.63. The molecule has 0 aliphatic rings. The number of rotatable bonds is 3. The van der Waals surface area contributed by atoms with Crippen LogP contribution in [-0.4, -0.2) is 15.5 Å². The number of nitrogen functional groups attached to an aromatic ring is 1. The molecule has 4 nitrogen and oxygen atoms in total. The van der Waals surface area contributed by atoms with Gasteiger partial charge in [-0.2, -0.15) is 0 Å². The molecule has 0 spiro atoms. The fourth-order valence-electron chi connectivity index (χ4n) is 2.33. The maximum atomic E-state index is 12.8. The molecule has 0 aliphatic carbocycles. The molecule has 0 amide bonds. The molecular formula is C16H20N2O2S. The first kappa shape index (κ1) is 15.4. The van der Waals surface area contributed by atoms with Crippen molar-refractivity contribution < 1.29 is 8.42 Å². The van der Waals surface area contributed by atoms with Gasteiger partial charge in [0.25, 0.3) is 10.0 Å². The lowest BCUT2D eigenvalue weighted by Crippen LogP contribution is -2.27. The zero-order chi connectivity index (χ0) is 15.8. The summed E-state index contributed by atoms with van der Waals surface area (Å²) in [6.07, 6.45) is 0. The number of aryl methyl sites for hydroxylation is 2. The van der Waals surface area contributed by atoms with Crippen LogP contribution in [0.3, 0.4) is 0 Å². The lowest BCUT2D eigenvalue weighted by molar-refractivity contribution is 0.594. The number of sulfonamides is 1. The molecule has 5 heteroatoms. The molecule has 0 fully saturated rings. The highest BCUT2D eigenvalue weighted by Crippen LogP contribution is 2.27. The van der Waals surface area contributed by atoms with E-state index in [1.54, 1.807) is 32.2 Å². The summed E-state index contributed by atoms with van der Waals surface area (Å²) >= 11 is 0. The number of hydrogen-bond acceptors (Lipinski definition) is 3. The SMILES string of the molecule is Cc1cc(C)cc(N(C)S(=O)(=O)c2cccc(N)c2C)c1. The van der Waals surface area contributed by atoms with Gasteiger partial charge in [0.05, 0.1) is 10.6 Å². The summed E-state index contributed by atoms with van der Waals surface area (Å²) < 4.78 is 26.9. The smallest absolute Gasteiger partial charge is 0.264 e. The average Bonchev–Trinajstić information content (AvgIpc) is 2.39. The fraction of sp³-hybridized carbons (Fsp3) is 0.250. The third kappa shape index (κ3) is 2.88. The molecule has 2 aromatic rings. The first-order chi connectivity index (χ1) is 9.73. The summed E-state index contributed by atoms with van der Waals surface area (Å²) in [7, 11) is -2.06. The Bertz CT molecular complexity index is 763. The highest BCUT2D eigenvalue weighted by molar-refractivity contribution is 7.92. The second-order valence-corrected chi connectivity index (χ2v) is 7.23. The molecule has 2 N–H and O–H groups in total. The molecule has 0 aromatic heterocycles. The van der Waals surface area contributed by atoms with Crippen LogP contribution in [0.25, 0.3) is 0 Å². The first-order valence-corrected chi connectivity index (χ1v) is 8.10. The van der Waals surface area contributed by atoms with Gasteiger partial charge in [-0.25, -0.2) is 8.42 Å². The quantitative estimate of drug-likeness (QED) is 0.887. The van der Waals surface area contributed by atoms with Crippen molar-refractivity contribution in [3.05, 3.63) is 53.1 Å². The van der Waals surface area contributed by atoms with Crippen molar-refractivity contribution in [1.82, 2.24) is 0 Å². The number of benzene rings is 2. The van der Waals surface area contributed by atoms with Gasteiger partial charge in [0.2, 0.25) is 0 Å². The van der Waals surface area contributed by atoms with Crippen molar-refractivity contribution in [3.63, 3.8) is 0 Å². The molecule has 112 valence electrons. The monoisotopic (exact) mass is 304 g/mol. The van der Waals surface area contributed by atoms with Gasteiger partial charge in [-0.3, -0.25) is 4.31 Å². The molecule has 2 rings (SSSR count). The van der Waals surface area contributed by atoms with E-state index in [0.29, 0.717) is 16.9 Å². The lowest BCUT2D eigenvalue weighted by atomic mass is 10.1. The maximum Gasteiger partial charge on any atom is 0.264 e. The summed E-state index contributed by atoms with van der Waals surface area (Å²) in [5, 5.41) is 0. The highest BCUT2D eigenvalue weighted by Gasteiger charge is 2.24. The van der Waals surface area contributed by atoms with Crippen LogP contribution in [0.15, 0.2) is 41.3 Å². The first-order valence-electron chi connectivity index (χ1n) is 6.66. The van der Waals surface area contributed by atoms with E-state index in [2.05, 4.69) is 0 Å². The van der Waals surface area contributed by atoms with Crippen LogP contribution in [0.5, 0.6) is 0 Å². The Balaban J connectivity index is 2.55. The zero-order valence-electron chi connectivity index (χ0n) is 12.7. The number of nitrogens with zero attached hydrogens (tertiary/aromatic N) is 1. The molecule has 0 saturated heterocycles. The molecular weight excluding hydrogens is 284 g/mol. The van der Waals surface area contributed by atoms with E-state index in [1.165, 1.54) is 4.31 Å². The summed E-state index contributed by atoms with van der Waals surface area (Å²) in [5.74, 6) is 0. The Hall–Kier alpha value is -2.01. The Morgan fingerprint density at radius 1 is 1.00 bits per heavy atom. The number of nitrogens with two attached hydrogens (primary N) is 1. The molecule has 0 heterocycles. The van der Waals surface area contributed by atoms with Crippen LogP contribution in [0, 0.1) is 20.8 Å². The van der Waals surface area contributed by atoms with Crippen LogP contribution >= 0.6 is 0 Å². The molecule has 0 bridgehead atoms. The van der Waals surface area contributed by atoms with Crippen LogP contribution in [0.1, 0.15) is 16.7 Å². The highest BCUT2D eigenvalue weighted by atomic mass is 32.2. The number of anilines is 2. The van der Waals surface area contributed by atoms with Gasteiger partial charge in [0.15, 0.2) is 0 Å². The predicted molar refractivity (Wildman–Crippen MR) is 87.1 cm³/mol. The number of hydrogen-bond donors (Lipinski definition) is 1. The van der Waals surface area contributed by atoms with E-state index in [-0.39, 0.29) is 4.90 Å². The molecule has 0 unspecified atom stereocenters. The van der Waals surface area contributed by atoms with Crippen LogP contribution < -0.4 is 10.0 Å². The van der Waals surface area contributed by atoms with Gasteiger partial charge in [-0.15, -0.1) is 0 Å². The molecule has 21 heavy (non-hydrogen) atoms. The average molecular weight is 304 g/mol. The van der Waals surface area contributed by atoms with E-state index >= 15 is 0 Å². The van der Waals surface area contributed by atoms with Crippen molar-refractivity contribution in [2.75, 3.05) is 17.1 Å². The second-order valence-electron chi connectivity index (χ2n) is 5.29. The van der Waals surface area contributed by atoms with Crippen molar-refractivity contribution in [1.29, 1.82) is 0 Å². The fourth-order valence-corrected chi connectivity index (χ4v) is 3.76. The van der Waals surface area contributed by atoms with Gasteiger partial charge in [0, 0.05) is 12.7 Å². The van der Waals surface area contributed by atoms with Gasteiger partial charge in [-0.05, 0) is 61.7 Å². The minimum absolute atomic E-state index is 0.240. The van der Waals surface area contributed by atoms with Crippen molar-refractivity contribution in [3.8, 4) is 0 Å². The summed E-state index contributed by atoms with van der Waals surface area (Å²) in [4.78, 5) is 0.240. The standard InChI is InChI=1S/C16H20N2O2S/c1-11-8-12(2)10-14(9-11)18(4)21(19,20)16-7-5-6-15(17)13(16)3/h5-10H,17H2,1-4H3. The lowest BCUT2D eigenvalue weighted by Gasteiger charge is -2.22. The van der Waals surface area contributed by atoms with Gasteiger partial charge in [0.1, 0.15) is 0 Å². The van der Waals surface area contributed by atoms with Crippen molar-refractivity contribution >= 4 is 21.4 Å². The maximum absolute atomic E-state index is 12.8. The Morgan fingerprint density at radius 2 is 1.57 bits per heavy atom. The largest absolute Gasteiger partial charge is 0.398 e. The van der Waals surface area contributed by atoms with Crippen molar-refractivity contribution in [2.24, 2.45) is 0 Å². The normalized spacial score (nSPS) is 11.4. The Morgan fingerprint density at radius 3 is 2.14 bits per heavy atom. The van der Waals surface area contributed by atoms with Crippen molar-refractivity contribution in [2.45, 2.75) is 25.7 Å². The molecule has 2 aromatic carbocycles. The van der Waals surface area contributed by atoms with Crippen LogP contribution in [-0.2, 0) is 10.0 Å². The molecule has 0 atom stereocenters. The topological polar surface area (TPSA) is 63.4 Å². The van der Waals surface area contributed by atoms with E-state index < -0.39 is 10.0 Å². The molecule has 0 aliphatic heterocycles. The molecule has 0 saturated carbocycles.